The Morgan fingerprint density at radius 1 is 1.04 bits per heavy atom. The van der Waals surface area contributed by atoms with E-state index < -0.39 is 14.6 Å². The van der Waals surface area contributed by atoms with Crippen LogP contribution in [-0.4, -0.2) is 30.9 Å². The van der Waals surface area contributed by atoms with Gasteiger partial charge in [-0.15, -0.1) is 0 Å². The average molecular weight is 364 g/mol. The first kappa shape index (κ1) is 18.4. The fraction of sp³-hybridized carbons (Fsp3) is 0.650. The molecule has 0 spiro atoms. The van der Waals surface area contributed by atoms with Crippen LogP contribution in [0.2, 0.25) is 0 Å². The average Bonchev–Trinajstić information content (AvgIpc) is 2.59. The highest BCUT2D eigenvalue weighted by molar-refractivity contribution is 7.94. The maximum atomic E-state index is 13.1. The maximum Gasteiger partial charge on any atom is 0.241 e. The summed E-state index contributed by atoms with van der Waals surface area (Å²) in [5, 5.41) is 2.61. The summed E-state index contributed by atoms with van der Waals surface area (Å²) in [6, 6.07) is 10.1. The second-order valence-electron chi connectivity index (χ2n) is 7.50. The first-order valence-corrected chi connectivity index (χ1v) is 11.2. The lowest BCUT2D eigenvalue weighted by Gasteiger charge is -2.42. The number of carbonyl (C=O) groups is 1. The van der Waals surface area contributed by atoms with E-state index in [0.717, 1.165) is 51.4 Å². The molecule has 2 aliphatic rings. The van der Waals surface area contributed by atoms with Gasteiger partial charge in [-0.1, -0.05) is 49.6 Å². The topological polar surface area (TPSA) is 63.2 Å². The molecule has 0 atom stereocenters. The number of hydrogen-bond acceptors (Lipinski definition) is 3. The van der Waals surface area contributed by atoms with E-state index in [2.05, 4.69) is 17.4 Å². The number of sulfone groups is 1. The van der Waals surface area contributed by atoms with E-state index in [1.54, 1.807) is 0 Å². The summed E-state index contributed by atoms with van der Waals surface area (Å²) in [4.78, 5) is 12.8. The molecule has 1 amide bonds. The van der Waals surface area contributed by atoms with Gasteiger partial charge in [0.15, 0.2) is 14.6 Å². The molecule has 2 fully saturated rings. The molecule has 1 aromatic rings. The summed E-state index contributed by atoms with van der Waals surface area (Å²) in [7, 11) is -3.39. The molecular weight excluding hydrogens is 334 g/mol. The van der Waals surface area contributed by atoms with Gasteiger partial charge in [0.1, 0.15) is 0 Å². The highest BCUT2D eigenvalue weighted by Gasteiger charge is 2.57. The van der Waals surface area contributed by atoms with Crippen LogP contribution in [-0.2, 0) is 21.1 Å². The predicted octanol–water partition coefficient (Wildman–Crippen LogP) is 3.41. The van der Waals surface area contributed by atoms with E-state index in [1.807, 2.05) is 18.2 Å². The second-order valence-corrected chi connectivity index (χ2v) is 10.0. The first-order valence-electron chi connectivity index (χ1n) is 9.62. The third-order valence-electron chi connectivity index (χ3n) is 5.88. The van der Waals surface area contributed by atoms with Crippen molar-refractivity contribution in [2.45, 2.75) is 74.2 Å². The zero-order valence-corrected chi connectivity index (χ0v) is 15.7. The number of carbonyl (C=O) groups excluding carboxylic acids is 1. The van der Waals surface area contributed by atoms with Crippen LogP contribution >= 0.6 is 0 Å². The van der Waals surface area contributed by atoms with Gasteiger partial charge >= 0.3 is 0 Å². The normalized spacial score (nSPS) is 20.6. The smallest absolute Gasteiger partial charge is 0.241 e. The van der Waals surface area contributed by atoms with Crippen molar-refractivity contribution in [3.63, 3.8) is 0 Å². The van der Waals surface area contributed by atoms with Crippen LogP contribution < -0.4 is 5.32 Å². The van der Waals surface area contributed by atoms with Crippen molar-refractivity contribution < 1.29 is 13.2 Å². The molecule has 0 radical (unpaired) electrons. The molecule has 0 bridgehead atoms. The fourth-order valence-electron chi connectivity index (χ4n) is 4.13. The van der Waals surface area contributed by atoms with Gasteiger partial charge in [-0.2, -0.15) is 0 Å². The minimum atomic E-state index is -3.39. The lowest BCUT2D eigenvalue weighted by atomic mass is 9.83. The van der Waals surface area contributed by atoms with E-state index in [-0.39, 0.29) is 11.2 Å². The maximum absolute atomic E-state index is 13.1. The SMILES string of the molecule is O=C(NCCCc1ccccc1)C1(S(=O)(=O)C2CCCCC2)CCC1. The summed E-state index contributed by atoms with van der Waals surface area (Å²) >= 11 is 0. The van der Waals surface area contributed by atoms with Gasteiger partial charge < -0.3 is 5.32 Å². The summed E-state index contributed by atoms with van der Waals surface area (Å²) < 4.78 is 25.1. The molecule has 25 heavy (non-hydrogen) atoms. The van der Waals surface area contributed by atoms with Gasteiger partial charge in [0, 0.05) is 6.54 Å². The second kappa shape index (κ2) is 7.90. The van der Waals surface area contributed by atoms with Crippen molar-refractivity contribution in [2.75, 3.05) is 6.54 Å². The summed E-state index contributed by atoms with van der Waals surface area (Å²) in [5.41, 5.74) is 1.24. The monoisotopic (exact) mass is 363 g/mol. The highest BCUT2D eigenvalue weighted by atomic mass is 32.2. The molecule has 1 aromatic carbocycles. The zero-order chi connectivity index (χ0) is 17.8. The highest BCUT2D eigenvalue weighted by Crippen LogP contribution is 2.44. The number of benzene rings is 1. The molecule has 0 heterocycles. The largest absolute Gasteiger partial charge is 0.355 e. The quantitative estimate of drug-likeness (QED) is 0.755. The molecule has 2 saturated carbocycles. The predicted molar refractivity (Wildman–Crippen MR) is 100 cm³/mol. The number of hydrogen-bond donors (Lipinski definition) is 1. The van der Waals surface area contributed by atoms with Gasteiger partial charge in [0.25, 0.3) is 0 Å². The Hall–Kier alpha value is -1.36. The van der Waals surface area contributed by atoms with Crippen molar-refractivity contribution in [3.05, 3.63) is 35.9 Å². The molecule has 0 aliphatic heterocycles. The van der Waals surface area contributed by atoms with Gasteiger partial charge in [-0.3, -0.25) is 4.79 Å². The standard InChI is InChI=1S/C20H29NO3S/c22-19(21-16-7-11-17-9-3-1-4-10-17)20(14-8-15-20)25(23,24)18-12-5-2-6-13-18/h1,3-4,9-10,18H,2,5-8,11-16H2,(H,21,22). The van der Waals surface area contributed by atoms with Crippen LogP contribution in [0.3, 0.4) is 0 Å². The lowest BCUT2D eigenvalue weighted by molar-refractivity contribution is -0.125. The molecule has 4 nitrogen and oxygen atoms in total. The third-order valence-corrected chi connectivity index (χ3v) is 8.91. The van der Waals surface area contributed by atoms with Gasteiger partial charge in [-0.05, 0) is 50.5 Å². The Bertz CT molecular complexity index is 674. The molecule has 5 heteroatoms. The lowest BCUT2D eigenvalue weighted by Crippen LogP contribution is -2.59. The van der Waals surface area contributed by atoms with Gasteiger partial charge in [0.2, 0.25) is 5.91 Å². The van der Waals surface area contributed by atoms with Crippen LogP contribution in [0.1, 0.15) is 63.4 Å². The Morgan fingerprint density at radius 2 is 1.72 bits per heavy atom. The molecule has 1 N–H and O–H groups in total. The summed E-state index contributed by atoms with van der Waals surface area (Å²) in [5.74, 6) is -0.252. The van der Waals surface area contributed by atoms with Crippen molar-refractivity contribution in [3.8, 4) is 0 Å². The fourth-order valence-corrected chi connectivity index (χ4v) is 6.91. The Balaban J connectivity index is 1.57. The number of rotatable bonds is 7. The van der Waals surface area contributed by atoms with E-state index in [4.69, 9.17) is 0 Å². The van der Waals surface area contributed by atoms with Crippen molar-refractivity contribution >= 4 is 15.7 Å². The Labute approximate surface area is 151 Å². The van der Waals surface area contributed by atoms with Crippen LogP contribution in [0.15, 0.2) is 30.3 Å². The van der Waals surface area contributed by atoms with Crippen LogP contribution in [0.5, 0.6) is 0 Å². The van der Waals surface area contributed by atoms with E-state index >= 15 is 0 Å². The molecule has 2 aliphatic carbocycles. The number of aryl methyl sites for hydroxylation is 1. The molecule has 0 saturated heterocycles. The van der Waals surface area contributed by atoms with Crippen molar-refractivity contribution in [1.29, 1.82) is 0 Å². The van der Waals surface area contributed by atoms with Crippen LogP contribution in [0, 0.1) is 0 Å². The molecule has 0 aromatic heterocycles. The first-order chi connectivity index (χ1) is 12.1. The number of nitrogens with one attached hydrogen (secondary N) is 1. The van der Waals surface area contributed by atoms with Crippen molar-refractivity contribution in [1.82, 2.24) is 5.32 Å². The summed E-state index contributed by atoms with van der Waals surface area (Å²) in [6.07, 6.45) is 8.06. The van der Waals surface area contributed by atoms with Crippen LogP contribution in [0.4, 0.5) is 0 Å². The van der Waals surface area contributed by atoms with Crippen molar-refractivity contribution in [2.24, 2.45) is 0 Å². The minimum absolute atomic E-state index is 0.252. The molecule has 0 unspecified atom stereocenters. The van der Waals surface area contributed by atoms with Gasteiger partial charge in [0.05, 0.1) is 5.25 Å². The van der Waals surface area contributed by atoms with Crippen LogP contribution in [0.25, 0.3) is 0 Å². The van der Waals surface area contributed by atoms with E-state index in [0.29, 0.717) is 19.4 Å². The molecule has 138 valence electrons. The Morgan fingerprint density at radius 3 is 2.32 bits per heavy atom. The molecular formula is C20H29NO3S. The Kier molecular flexibility index (Phi) is 5.82. The minimum Gasteiger partial charge on any atom is -0.355 e. The van der Waals surface area contributed by atoms with E-state index in [1.165, 1.54) is 5.56 Å². The number of amides is 1. The van der Waals surface area contributed by atoms with Gasteiger partial charge in [-0.25, -0.2) is 8.42 Å². The zero-order valence-electron chi connectivity index (χ0n) is 14.9. The molecule has 3 rings (SSSR count). The summed E-state index contributed by atoms with van der Waals surface area (Å²) in [6.45, 7) is 0.537. The third kappa shape index (κ3) is 3.76. The van der Waals surface area contributed by atoms with E-state index in [9.17, 15) is 13.2 Å².